The third kappa shape index (κ3) is 2.21. The first-order valence-corrected chi connectivity index (χ1v) is 6.10. The maximum Gasteiger partial charge on any atom is 0.147 e. The van der Waals surface area contributed by atoms with Crippen molar-refractivity contribution < 1.29 is 0 Å². The summed E-state index contributed by atoms with van der Waals surface area (Å²) in [5, 5.41) is 0.721. The molecule has 2 nitrogen and oxygen atoms in total. The van der Waals surface area contributed by atoms with Crippen molar-refractivity contribution >= 4 is 29.0 Å². The Bertz CT molecular complexity index is 360. The van der Waals surface area contributed by atoms with E-state index in [1.807, 2.05) is 13.0 Å². The van der Waals surface area contributed by atoms with E-state index in [1.54, 1.807) is 0 Å². The van der Waals surface area contributed by atoms with Crippen molar-refractivity contribution in [1.82, 2.24) is 4.98 Å². The molecular weight excluding hydrogens is 231 g/mol. The molecule has 0 saturated carbocycles. The van der Waals surface area contributed by atoms with Crippen LogP contribution in [0.4, 0.5) is 5.82 Å². The Hall–Kier alpha value is -0.470. The van der Waals surface area contributed by atoms with Crippen molar-refractivity contribution in [1.29, 1.82) is 0 Å². The number of alkyl halides is 1. The van der Waals surface area contributed by atoms with Crippen LogP contribution in [0.3, 0.4) is 0 Å². The molecule has 1 aromatic rings. The van der Waals surface area contributed by atoms with Gasteiger partial charge in [0.1, 0.15) is 5.82 Å². The molecule has 2 heterocycles. The summed E-state index contributed by atoms with van der Waals surface area (Å²) in [6.07, 6.45) is 2.46. The minimum Gasteiger partial charge on any atom is -0.355 e. The van der Waals surface area contributed by atoms with Gasteiger partial charge in [-0.3, -0.25) is 0 Å². The molecule has 0 aliphatic carbocycles. The summed E-state index contributed by atoms with van der Waals surface area (Å²) < 4.78 is 0. The van der Waals surface area contributed by atoms with Gasteiger partial charge in [-0.25, -0.2) is 4.98 Å². The summed E-state index contributed by atoms with van der Waals surface area (Å²) in [6.45, 7) is 4.10. The molecule has 0 unspecified atom stereocenters. The third-order valence-corrected chi connectivity index (χ3v) is 3.37. The Labute approximate surface area is 100 Å². The van der Waals surface area contributed by atoms with Gasteiger partial charge in [0.15, 0.2) is 0 Å². The highest BCUT2D eigenvalue weighted by Crippen LogP contribution is 2.29. The fourth-order valence-electron chi connectivity index (χ4n) is 1.89. The highest BCUT2D eigenvalue weighted by Gasteiger charge is 2.17. The maximum absolute atomic E-state index is 6.20. The lowest BCUT2D eigenvalue weighted by molar-refractivity contribution is 0.925. The number of hydrogen-bond donors (Lipinski definition) is 0. The van der Waals surface area contributed by atoms with Gasteiger partial charge in [-0.2, -0.15) is 0 Å². The third-order valence-electron chi connectivity index (χ3n) is 2.80. The van der Waals surface area contributed by atoms with Gasteiger partial charge in [-0.05, 0) is 31.4 Å². The lowest BCUT2D eigenvalue weighted by Crippen LogP contribution is -2.20. The van der Waals surface area contributed by atoms with Crippen LogP contribution >= 0.6 is 23.2 Å². The van der Waals surface area contributed by atoms with Crippen LogP contribution in [0.5, 0.6) is 0 Å². The van der Waals surface area contributed by atoms with E-state index in [1.165, 1.54) is 12.8 Å². The van der Waals surface area contributed by atoms with Gasteiger partial charge in [-0.1, -0.05) is 11.6 Å². The van der Waals surface area contributed by atoms with Crippen molar-refractivity contribution in [2.24, 2.45) is 0 Å². The fourth-order valence-corrected chi connectivity index (χ4v) is 2.46. The van der Waals surface area contributed by atoms with E-state index in [0.717, 1.165) is 35.2 Å². The van der Waals surface area contributed by atoms with E-state index in [2.05, 4.69) is 9.88 Å². The Kier molecular flexibility index (Phi) is 3.37. The molecule has 2 rings (SSSR count). The standard InChI is InChI=1S/C11H14Cl2N2/c1-8-9(7-12)6-10(13)11(14-8)15-4-2-3-5-15/h6H,2-5,7H2,1H3. The molecule has 1 aromatic heterocycles. The second-order valence-corrected chi connectivity index (χ2v) is 4.54. The zero-order valence-electron chi connectivity index (χ0n) is 8.76. The molecule has 1 aliphatic rings. The summed E-state index contributed by atoms with van der Waals surface area (Å²) in [4.78, 5) is 6.78. The Morgan fingerprint density at radius 1 is 1.40 bits per heavy atom. The molecule has 1 fully saturated rings. The molecule has 1 saturated heterocycles. The zero-order chi connectivity index (χ0) is 10.8. The second kappa shape index (κ2) is 4.58. The minimum absolute atomic E-state index is 0.471. The van der Waals surface area contributed by atoms with Crippen molar-refractivity contribution in [2.75, 3.05) is 18.0 Å². The molecule has 0 atom stereocenters. The Morgan fingerprint density at radius 3 is 2.67 bits per heavy atom. The Morgan fingerprint density at radius 2 is 2.07 bits per heavy atom. The number of rotatable bonds is 2. The molecule has 0 spiro atoms. The van der Waals surface area contributed by atoms with Crippen molar-refractivity contribution in [3.05, 3.63) is 22.3 Å². The molecule has 15 heavy (non-hydrogen) atoms. The smallest absolute Gasteiger partial charge is 0.147 e. The molecule has 0 radical (unpaired) electrons. The lowest BCUT2D eigenvalue weighted by Gasteiger charge is -2.19. The number of pyridine rings is 1. The van der Waals surface area contributed by atoms with E-state index in [-0.39, 0.29) is 0 Å². The topological polar surface area (TPSA) is 16.1 Å². The molecule has 0 amide bonds. The van der Waals surface area contributed by atoms with Crippen molar-refractivity contribution in [3.8, 4) is 0 Å². The molecule has 82 valence electrons. The molecule has 1 aliphatic heterocycles. The van der Waals surface area contributed by atoms with Crippen LogP contribution in [0.25, 0.3) is 0 Å². The minimum atomic E-state index is 0.471. The first-order valence-electron chi connectivity index (χ1n) is 5.19. The van der Waals surface area contributed by atoms with Crippen LogP contribution in [0, 0.1) is 6.92 Å². The molecule has 0 N–H and O–H groups in total. The normalized spacial score (nSPS) is 16.1. The number of hydrogen-bond acceptors (Lipinski definition) is 2. The van der Waals surface area contributed by atoms with Crippen molar-refractivity contribution in [2.45, 2.75) is 25.6 Å². The molecule has 0 bridgehead atoms. The molecule has 0 aromatic carbocycles. The largest absolute Gasteiger partial charge is 0.355 e. The summed E-state index contributed by atoms with van der Waals surface area (Å²) >= 11 is 12.0. The fraction of sp³-hybridized carbons (Fsp3) is 0.545. The van der Waals surface area contributed by atoms with Crippen LogP contribution < -0.4 is 4.90 Å². The first-order chi connectivity index (χ1) is 7.22. The van der Waals surface area contributed by atoms with Gasteiger partial charge in [0.2, 0.25) is 0 Å². The van der Waals surface area contributed by atoms with Crippen LogP contribution in [0.2, 0.25) is 5.02 Å². The van der Waals surface area contributed by atoms with Crippen LogP contribution in [0.15, 0.2) is 6.07 Å². The van der Waals surface area contributed by atoms with E-state index < -0.39 is 0 Å². The van der Waals surface area contributed by atoms with Gasteiger partial charge >= 0.3 is 0 Å². The number of nitrogens with zero attached hydrogens (tertiary/aromatic N) is 2. The van der Waals surface area contributed by atoms with Gasteiger partial charge < -0.3 is 4.90 Å². The first kappa shape index (κ1) is 11.0. The number of anilines is 1. The van der Waals surface area contributed by atoms with Gasteiger partial charge in [0.25, 0.3) is 0 Å². The number of halogens is 2. The quantitative estimate of drug-likeness (QED) is 0.742. The number of aryl methyl sites for hydroxylation is 1. The van der Waals surface area contributed by atoms with Gasteiger partial charge in [-0.15, -0.1) is 11.6 Å². The van der Waals surface area contributed by atoms with Gasteiger partial charge in [0.05, 0.1) is 5.02 Å². The highest BCUT2D eigenvalue weighted by molar-refractivity contribution is 6.33. The lowest BCUT2D eigenvalue weighted by atomic mass is 10.2. The van der Waals surface area contributed by atoms with E-state index in [9.17, 15) is 0 Å². The maximum atomic E-state index is 6.20. The monoisotopic (exact) mass is 244 g/mol. The summed E-state index contributed by atoms with van der Waals surface area (Å²) in [5.41, 5.74) is 2.00. The summed E-state index contributed by atoms with van der Waals surface area (Å²) in [6, 6.07) is 1.94. The van der Waals surface area contributed by atoms with Crippen LogP contribution in [-0.4, -0.2) is 18.1 Å². The Balaban J connectivity index is 2.35. The zero-order valence-corrected chi connectivity index (χ0v) is 10.3. The predicted molar refractivity (Wildman–Crippen MR) is 65.0 cm³/mol. The van der Waals surface area contributed by atoms with E-state index >= 15 is 0 Å². The predicted octanol–water partition coefficient (Wildman–Crippen LogP) is 3.38. The van der Waals surface area contributed by atoms with Gasteiger partial charge in [0, 0.05) is 24.7 Å². The van der Waals surface area contributed by atoms with Crippen molar-refractivity contribution in [3.63, 3.8) is 0 Å². The average molecular weight is 245 g/mol. The summed E-state index contributed by atoms with van der Waals surface area (Å²) in [7, 11) is 0. The van der Waals surface area contributed by atoms with Crippen LogP contribution in [-0.2, 0) is 5.88 Å². The van der Waals surface area contributed by atoms with Crippen LogP contribution in [0.1, 0.15) is 24.1 Å². The molecular formula is C11H14Cl2N2. The average Bonchev–Trinajstić information content (AvgIpc) is 2.74. The van der Waals surface area contributed by atoms with E-state index in [4.69, 9.17) is 23.2 Å². The number of aromatic nitrogens is 1. The summed E-state index contributed by atoms with van der Waals surface area (Å²) in [5.74, 6) is 1.39. The molecule has 4 heteroatoms. The second-order valence-electron chi connectivity index (χ2n) is 3.87. The van der Waals surface area contributed by atoms with E-state index in [0.29, 0.717) is 5.88 Å². The highest BCUT2D eigenvalue weighted by atomic mass is 35.5. The SMILES string of the molecule is Cc1nc(N2CCCC2)c(Cl)cc1CCl.